The third-order valence-electron chi connectivity index (χ3n) is 3.95. The molecule has 2 unspecified atom stereocenters. The third-order valence-corrected chi connectivity index (χ3v) is 3.95. The van der Waals surface area contributed by atoms with Crippen LogP contribution in [0.5, 0.6) is 0 Å². The second kappa shape index (κ2) is 7.81. The highest BCUT2D eigenvalue weighted by atomic mass is 35.5. The van der Waals surface area contributed by atoms with E-state index in [9.17, 15) is 4.79 Å². The first kappa shape index (κ1) is 18.0. The van der Waals surface area contributed by atoms with E-state index in [2.05, 4.69) is 18.7 Å². The van der Waals surface area contributed by atoms with Gasteiger partial charge in [0.1, 0.15) is 0 Å². The summed E-state index contributed by atoms with van der Waals surface area (Å²) in [5.41, 5.74) is 7.32. The van der Waals surface area contributed by atoms with Crippen molar-refractivity contribution in [1.29, 1.82) is 0 Å². The fraction of sp³-hybridized carbons (Fsp3) is 0.588. The summed E-state index contributed by atoms with van der Waals surface area (Å²) in [6.07, 6.45) is 2.29. The summed E-state index contributed by atoms with van der Waals surface area (Å²) in [5.74, 6) is 0.536. The number of nitrogens with zero attached hydrogens (tertiary/aromatic N) is 1. The summed E-state index contributed by atoms with van der Waals surface area (Å²) in [6.45, 7) is 7.11. The average Bonchev–Trinajstić information content (AvgIpc) is 3.27. The fourth-order valence-electron chi connectivity index (χ4n) is 2.58. The van der Waals surface area contributed by atoms with Crippen LogP contribution in [0.3, 0.4) is 0 Å². The van der Waals surface area contributed by atoms with Crippen molar-refractivity contribution in [2.45, 2.75) is 45.7 Å². The minimum absolute atomic E-state index is 0. The minimum Gasteiger partial charge on any atom is -0.339 e. The predicted molar refractivity (Wildman–Crippen MR) is 89.4 cm³/mol. The fourth-order valence-corrected chi connectivity index (χ4v) is 2.58. The van der Waals surface area contributed by atoms with Gasteiger partial charge in [-0.15, -0.1) is 12.4 Å². The Labute approximate surface area is 134 Å². The normalized spacial score (nSPS) is 17.0. The van der Waals surface area contributed by atoms with E-state index in [-0.39, 0.29) is 30.3 Å². The maximum atomic E-state index is 12.7. The van der Waals surface area contributed by atoms with Crippen LogP contribution in [0.1, 0.15) is 45.2 Å². The Hall–Kier alpha value is -1.06. The third kappa shape index (κ3) is 4.72. The molecular weight excluding hydrogens is 284 g/mol. The zero-order valence-electron chi connectivity index (χ0n) is 13.2. The lowest BCUT2D eigenvalue weighted by Crippen LogP contribution is -2.42. The van der Waals surface area contributed by atoms with Crippen molar-refractivity contribution < 1.29 is 4.79 Å². The lowest BCUT2D eigenvalue weighted by Gasteiger charge is -2.30. The average molecular weight is 311 g/mol. The second-order valence-corrected chi connectivity index (χ2v) is 6.34. The molecule has 118 valence electrons. The summed E-state index contributed by atoms with van der Waals surface area (Å²) in [4.78, 5) is 14.8. The number of nitrogens with two attached hydrogens (primary N) is 1. The zero-order chi connectivity index (χ0) is 14.7. The molecule has 1 fully saturated rings. The SMILES string of the molecule is CC(C)CN(C(=O)C(C)C(N)c1ccccc1)C1CC1.Cl. The van der Waals surface area contributed by atoms with Crippen LogP contribution in [-0.2, 0) is 4.79 Å². The quantitative estimate of drug-likeness (QED) is 0.875. The van der Waals surface area contributed by atoms with Crippen molar-refractivity contribution in [2.75, 3.05) is 6.54 Å². The Morgan fingerprint density at radius 3 is 2.29 bits per heavy atom. The van der Waals surface area contributed by atoms with Gasteiger partial charge in [0.05, 0.1) is 5.92 Å². The number of rotatable bonds is 6. The molecule has 1 amide bonds. The first-order valence-corrected chi connectivity index (χ1v) is 7.61. The van der Waals surface area contributed by atoms with E-state index < -0.39 is 0 Å². The molecule has 4 heteroatoms. The smallest absolute Gasteiger partial charge is 0.227 e. The van der Waals surface area contributed by atoms with Crippen LogP contribution in [0.4, 0.5) is 0 Å². The Kier molecular flexibility index (Phi) is 6.69. The summed E-state index contributed by atoms with van der Waals surface area (Å²) in [5, 5.41) is 0. The summed E-state index contributed by atoms with van der Waals surface area (Å²) in [7, 11) is 0. The van der Waals surface area contributed by atoms with Gasteiger partial charge in [0.2, 0.25) is 5.91 Å². The molecule has 0 spiro atoms. The molecule has 1 aromatic carbocycles. The van der Waals surface area contributed by atoms with Gasteiger partial charge in [0, 0.05) is 18.6 Å². The van der Waals surface area contributed by atoms with Gasteiger partial charge >= 0.3 is 0 Å². The molecule has 1 aromatic rings. The highest BCUT2D eigenvalue weighted by Crippen LogP contribution is 2.31. The summed E-state index contributed by atoms with van der Waals surface area (Å²) >= 11 is 0. The Balaban J connectivity index is 0.00000220. The van der Waals surface area contributed by atoms with E-state index >= 15 is 0 Å². The van der Waals surface area contributed by atoms with Gasteiger partial charge in [-0.05, 0) is 24.3 Å². The van der Waals surface area contributed by atoms with Gasteiger partial charge < -0.3 is 10.6 Å². The molecule has 1 aliphatic rings. The zero-order valence-corrected chi connectivity index (χ0v) is 14.0. The summed E-state index contributed by atoms with van der Waals surface area (Å²) in [6, 6.07) is 10.1. The molecule has 0 aromatic heterocycles. The lowest BCUT2D eigenvalue weighted by atomic mass is 9.94. The molecule has 0 bridgehead atoms. The van der Waals surface area contributed by atoms with E-state index in [1.165, 1.54) is 0 Å². The molecule has 1 saturated carbocycles. The van der Waals surface area contributed by atoms with Gasteiger partial charge in [0.15, 0.2) is 0 Å². The Bertz CT molecular complexity index is 445. The van der Waals surface area contributed by atoms with E-state index in [1.807, 2.05) is 37.3 Å². The van der Waals surface area contributed by atoms with Crippen molar-refractivity contribution in [1.82, 2.24) is 4.90 Å². The van der Waals surface area contributed by atoms with Crippen molar-refractivity contribution in [3.05, 3.63) is 35.9 Å². The van der Waals surface area contributed by atoms with E-state index in [0.717, 1.165) is 24.9 Å². The van der Waals surface area contributed by atoms with Gasteiger partial charge in [-0.25, -0.2) is 0 Å². The number of hydrogen-bond acceptors (Lipinski definition) is 2. The van der Waals surface area contributed by atoms with Crippen LogP contribution in [-0.4, -0.2) is 23.4 Å². The Morgan fingerprint density at radius 1 is 1.24 bits per heavy atom. The highest BCUT2D eigenvalue weighted by Gasteiger charge is 2.36. The second-order valence-electron chi connectivity index (χ2n) is 6.34. The van der Waals surface area contributed by atoms with Gasteiger partial charge in [-0.2, -0.15) is 0 Å². The molecular formula is C17H27ClN2O. The molecule has 2 atom stereocenters. The number of amides is 1. The lowest BCUT2D eigenvalue weighted by molar-refractivity contribution is -0.136. The number of hydrogen-bond donors (Lipinski definition) is 1. The van der Waals surface area contributed by atoms with Crippen LogP contribution < -0.4 is 5.73 Å². The minimum atomic E-state index is -0.225. The number of halogens is 1. The number of carbonyl (C=O) groups excluding carboxylic acids is 1. The molecule has 0 aliphatic heterocycles. The van der Waals surface area contributed by atoms with Crippen molar-refractivity contribution in [3.8, 4) is 0 Å². The highest BCUT2D eigenvalue weighted by molar-refractivity contribution is 5.85. The molecule has 0 radical (unpaired) electrons. The molecule has 2 rings (SSSR count). The first-order chi connectivity index (χ1) is 9.50. The van der Waals surface area contributed by atoms with E-state index in [1.54, 1.807) is 0 Å². The monoisotopic (exact) mass is 310 g/mol. The van der Waals surface area contributed by atoms with E-state index in [4.69, 9.17) is 5.73 Å². The standard InChI is InChI=1S/C17H26N2O.ClH/c1-12(2)11-19(15-9-10-15)17(20)13(3)16(18)14-7-5-4-6-8-14;/h4-8,12-13,15-16H,9-11,18H2,1-3H3;1H. The molecule has 21 heavy (non-hydrogen) atoms. The largest absolute Gasteiger partial charge is 0.339 e. The Morgan fingerprint density at radius 2 is 1.81 bits per heavy atom. The molecule has 1 aliphatic carbocycles. The van der Waals surface area contributed by atoms with Crippen molar-refractivity contribution >= 4 is 18.3 Å². The van der Waals surface area contributed by atoms with E-state index in [0.29, 0.717) is 12.0 Å². The maximum Gasteiger partial charge on any atom is 0.227 e. The van der Waals surface area contributed by atoms with Crippen LogP contribution in [0.15, 0.2) is 30.3 Å². The molecule has 2 N–H and O–H groups in total. The van der Waals surface area contributed by atoms with Crippen LogP contribution in [0, 0.1) is 11.8 Å². The van der Waals surface area contributed by atoms with Crippen LogP contribution >= 0.6 is 12.4 Å². The predicted octanol–water partition coefficient (Wildman–Crippen LogP) is 3.39. The van der Waals surface area contributed by atoms with Crippen LogP contribution in [0.25, 0.3) is 0 Å². The molecule has 0 heterocycles. The number of benzene rings is 1. The van der Waals surface area contributed by atoms with Crippen molar-refractivity contribution in [2.24, 2.45) is 17.6 Å². The van der Waals surface area contributed by atoms with Crippen molar-refractivity contribution in [3.63, 3.8) is 0 Å². The topological polar surface area (TPSA) is 46.3 Å². The maximum absolute atomic E-state index is 12.7. The van der Waals surface area contributed by atoms with Gasteiger partial charge in [0.25, 0.3) is 0 Å². The molecule has 3 nitrogen and oxygen atoms in total. The van der Waals surface area contributed by atoms with Gasteiger partial charge in [-0.1, -0.05) is 51.1 Å². The van der Waals surface area contributed by atoms with Crippen LogP contribution in [0.2, 0.25) is 0 Å². The van der Waals surface area contributed by atoms with Gasteiger partial charge in [-0.3, -0.25) is 4.79 Å². The molecule has 0 saturated heterocycles. The first-order valence-electron chi connectivity index (χ1n) is 7.61. The number of carbonyl (C=O) groups is 1. The summed E-state index contributed by atoms with van der Waals surface area (Å²) < 4.78 is 0.